The summed E-state index contributed by atoms with van der Waals surface area (Å²) in [5, 5.41) is 0. The van der Waals surface area contributed by atoms with Gasteiger partial charge in [0.1, 0.15) is 28.6 Å². The van der Waals surface area contributed by atoms with E-state index in [1.54, 1.807) is 19.2 Å². The van der Waals surface area contributed by atoms with E-state index in [2.05, 4.69) is 15.9 Å². The van der Waals surface area contributed by atoms with Gasteiger partial charge in [0.05, 0.1) is 14.2 Å². The van der Waals surface area contributed by atoms with Crippen molar-refractivity contribution in [3.63, 3.8) is 0 Å². The Hall–Kier alpha value is -2.01. The van der Waals surface area contributed by atoms with Crippen molar-refractivity contribution in [1.29, 1.82) is 0 Å². The normalized spacial score (nSPS) is 12.0. The summed E-state index contributed by atoms with van der Waals surface area (Å²) >= 11 is 3.41. The Kier molecular flexibility index (Phi) is 5.66. The lowest BCUT2D eigenvalue weighted by Gasteiger charge is -2.13. The first-order valence-electron chi connectivity index (χ1n) is 7.38. The fourth-order valence-corrected chi connectivity index (χ4v) is 2.69. The van der Waals surface area contributed by atoms with Crippen molar-refractivity contribution in [2.24, 2.45) is 0 Å². The highest BCUT2D eigenvalue weighted by atomic mass is 79.9. The predicted octanol–water partition coefficient (Wildman–Crippen LogP) is 5.02. The Bertz CT molecular complexity index is 725. The lowest BCUT2D eigenvalue weighted by molar-refractivity contribution is 0.0990. The molecule has 0 bridgehead atoms. The Balaban J connectivity index is 0.000000924. The van der Waals surface area contributed by atoms with Crippen LogP contribution in [0.4, 0.5) is 0 Å². The third kappa shape index (κ3) is 3.50. The van der Waals surface area contributed by atoms with Gasteiger partial charge in [-0.1, -0.05) is 35.8 Å². The Morgan fingerprint density at radius 1 is 1.04 bits per heavy atom. The smallest absolute Gasteiger partial charge is 0.174 e. The Morgan fingerprint density at radius 2 is 1.78 bits per heavy atom. The number of methoxy groups -OCH3 is 2. The van der Waals surface area contributed by atoms with E-state index >= 15 is 0 Å². The number of hydrogen-bond acceptors (Lipinski definition) is 4. The van der Waals surface area contributed by atoms with Gasteiger partial charge < -0.3 is 14.2 Å². The van der Waals surface area contributed by atoms with Crippen LogP contribution in [0.3, 0.4) is 0 Å². The molecule has 0 amide bonds. The molecule has 4 nitrogen and oxygen atoms in total. The van der Waals surface area contributed by atoms with Crippen LogP contribution in [0.15, 0.2) is 34.8 Å². The standard InChI is InChI=1S/C16H13BrO4.C2H6/c1-19-11-7-14(20-2)16-12(18)5-9-3-4-10(17)6-13(9)21-15(16)8-11;1-2/h3-4,6-8H,5H2,1-2H3;1-2H3. The zero-order valence-electron chi connectivity index (χ0n) is 13.6. The highest BCUT2D eigenvalue weighted by Gasteiger charge is 2.26. The number of rotatable bonds is 2. The molecule has 1 aliphatic rings. The van der Waals surface area contributed by atoms with Crippen LogP contribution in [0.2, 0.25) is 0 Å². The van der Waals surface area contributed by atoms with Gasteiger partial charge in [0.15, 0.2) is 5.78 Å². The third-order valence-electron chi connectivity index (χ3n) is 3.37. The molecule has 0 radical (unpaired) electrons. The molecule has 2 aromatic carbocycles. The molecule has 0 saturated carbocycles. The number of Topliss-reactive ketones (excluding diaryl/α,β-unsaturated/α-hetero) is 1. The van der Waals surface area contributed by atoms with Crippen molar-refractivity contribution in [3.05, 3.63) is 45.9 Å². The molecule has 0 aromatic heterocycles. The van der Waals surface area contributed by atoms with E-state index in [-0.39, 0.29) is 12.2 Å². The fraction of sp³-hybridized carbons (Fsp3) is 0.278. The second kappa shape index (κ2) is 7.51. The Labute approximate surface area is 144 Å². The van der Waals surface area contributed by atoms with E-state index in [1.165, 1.54) is 7.11 Å². The summed E-state index contributed by atoms with van der Waals surface area (Å²) in [7, 11) is 3.08. The molecular weight excluding hydrogens is 360 g/mol. The molecule has 0 aliphatic carbocycles. The van der Waals surface area contributed by atoms with Crippen molar-refractivity contribution in [2.45, 2.75) is 20.3 Å². The number of halogens is 1. The molecule has 1 heterocycles. The van der Waals surface area contributed by atoms with Gasteiger partial charge >= 0.3 is 0 Å². The maximum absolute atomic E-state index is 12.5. The first-order valence-corrected chi connectivity index (χ1v) is 8.17. The minimum absolute atomic E-state index is 0.0365. The van der Waals surface area contributed by atoms with Gasteiger partial charge in [-0.05, 0) is 12.1 Å². The zero-order valence-corrected chi connectivity index (χ0v) is 15.2. The number of carbonyl (C=O) groups is 1. The minimum atomic E-state index is -0.0365. The van der Waals surface area contributed by atoms with E-state index in [1.807, 2.05) is 32.0 Å². The van der Waals surface area contributed by atoms with Crippen LogP contribution in [0, 0.1) is 0 Å². The summed E-state index contributed by atoms with van der Waals surface area (Å²) in [6.07, 6.45) is 0.276. The first-order chi connectivity index (χ1) is 11.1. The van der Waals surface area contributed by atoms with Crippen molar-refractivity contribution in [2.75, 3.05) is 14.2 Å². The summed E-state index contributed by atoms with van der Waals surface area (Å²) in [5.74, 6) is 2.11. The minimum Gasteiger partial charge on any atom is -0.496 e. The molecule has 122 valence electrons. The fourth-order valence-electron chi connectivity index (χ4n) is 2.35. The number of carbonyl (C=O) groups excluding carboxylic acids is 1. The monoisotopic (exact) mass is 378 g/mol. The molecule has 0 saturated heterocycles. The van der Waals surface area contributed by atoms with E-state index in [4.69, 9.17) is 14.2 Å². The van der Waals surface area contributed by atoms with Gasteiger partial charge in [-0.15, -0.1) is 0 Å². The summed E-state index contributed by atoms with van der Waals surface area (Å²) in [5.41, 5.74) is 1.30. The largest absolute Gasteiger partial charge is 0.496 e. The van der Waals surface area contributed by atoms with Crippen molar-refractivity contribution >= 4 is 21.7 Å². The van der Waals surface area contributed by atoms with Gasteiger partial charge in [0.25, 0.3) is 0 Å². The summed E-state index contributed by atoms with van der Waals surface area (Å²) in [6.45, 7) is 4.00. The maximum Gasteiger partial charge on any atom is 0.174 e. The summed E-state index contributed by atoms with van der Waals surface area (Å²) in [4.78, 5) is 12.5. The molecule has 0 atom stereocenters. The lowest BCUT2D eigenvalue weighted by Crippen LogP contribution is -2.05. The van der Waals surface area contributed by atoms with Crippen LogP contribution >= 0.6 is 15.9 Å². The molecule has 1 aliphatic heterocycles. The van der Waals surface area contributed by atoms with Crippen LogP contribution in [0.1, 0.15) is 29.8 Å². The van der Waals surface area contributed by atoms with Crippen molar-refractivity contribution in [1.82, 2.24) is 0 Å². The number of ether oxygens (including phenoxy) is 3. The highest BCUT2D eigenvalue weighted by Crippen LogP contribution is 2.41. The van der Waals surface area contributed by atoms with Crippen LogP contribution in [0.25, 0.3) is 0 Å². The Morgan fingerprint density at radius 3 is 2.43 bits per heavy atom. The van der Waals surface area contributed by atoms with Crippen LogP contribution in [0.5, 0.6) is 23.0 Å². The molecule has 3 rings (SSSR count). The van der Waals surface area contributed by atoms with Gasteiger partial charge in [0, 0.05) is 28.6 Å². The van der Waals surface area contributed by atoms with Gasteiger partial charge in [-0.2, -0.15) is 0 Å². The average Bonchev–Trinajstić information content (AvgIpc) is 2.71. The topological polar surface area (TPSA) is 44.8 Å². The second-order valence-corrected chi connectivity index (χ2v) is 5.57. The van der Waals surface area contributed by atoms with Gasteiger partial charge in [0.2, 0.25) is 0 Å². The zero-order chi connectivity index (χ0) is 17.0. The lowest BCUT2D eigenvalue weighted by atomic mass is 10.0. The van der Waals surface area contributed by atoms with Crippen molar-refractivity contribution < 1.29 is 19.0 Å². The number of benzene rings is 2. The molecule has 5 heteroatoms. The van der Waals surface area contributed by atoms with Crippen LogP contribution in [-0.2, 0) is 6.42 Å². The third-order valence-corrected chi connectivity index (χ3v) is 3.87. The van der Waals surface area contributed by atoms with E-state index < -0.39 is 0 Å². The first kappa shape index (κ1) is 17.3. The summed E-state index contributed by atoms with van der Waals surface area (Å²) in [6, 6.07) is 9.01. The molecule has 0 spiro atoms. The molecule has 2 aromatic rings. The van der Waals surface area contributed by atoms with E-state index in [0.717, 1.165) is 10.0 Å². The van der Waals surface area contributed by atoms with Gasteiger partial charge in [-0.3, -0.25) is 4.79 Å². The molecule has 0 N–H and O–H groups in total. The quantitative estimate of drug-likeness (QED) is 0.735. The highest BCUT2D eigenvalue weighted by molar-refractivity contribution is 9.10. The number of hydrogen-bond donors (Lipinski definition) is 0. The maximum atomic E-state index is 12.5. The number of fused-ring (bicyclic) bond motifs is 2. The molecule has 23 heavy (non-hydrogen) atoms. The van der Waals surface area contributed by atoms with E-state index in [9.17, 15) is 4.79 Å². The average molecular weight is 379 g/mol. The van der Waals surface area contributed by atoms with E-state index in [0.29, 0.717) is 28.6 Å². The molecular formula is C18H19BrO4. The summed E-state index contributed by atoms with van der Waals surface area (Å²) < 4.78 is 17.4. The molecule has 0 fully saturated rings. The van der Waals surface area contributed by atoms with Crippen LogP contribution < -0.4 is 14.2 Å². The van der Waals surface area contributed by atoms with Gasteiger partial charge in [-0.25, -0.2) is 0 Å². The number of ketones is 1. The molecule has 0 unspecified atom stereocenters. The SMILES string of the molecule is CC.COc1cc(OC)c2c(c1)Oc1cc(Br)ccc1CC2=O. The van der Waals surface area contributed by atoms with Crippen LogP contribution in [-0.4, -0.2) is 20.0 Å². The van der Waals surface area contributed by atoms with Crippen molar-refractivity contribution in [3.8, 4) is 23.0 Å². The second-order valence-electron chi connectivity index (χ2n) is 4.66. The predicted molar refractivity (Wildman–Crippen MR) is 93.1 cm³/mol.